The minimum Gasteiger partial charge on any atom is -0.447 e. The number of aliphatic hydroxyl groups excluding tert-OH is 1. The van der Waals surface area contributed by atoms with Gasteiger partial charge in [-0.3, -0.25) is 4.79 Å². The zero-order valence-corrected chi connectivity index (χ0v) is 7.72. The van der Waals surface area contributed by atoms with Crippen molar-refractivity contribution >= 4 is 5.91 Å². The van der Waals surface area contributed by atoms with Gasteiger partial charge in [0.2, 0.25) is 5.91 Å². The number of amides is 1. The van der Waals surface area contributed by atoms with Gasteiger partial charge in [-0.2, -0.15) is 0 Å². The van der Waals surface area contributed by atoms with Crippen molar-refractivity contribution in [1.82, 2.24) is 9.88 Å². The van der Waals surface area contributed by atoms with Gasteiger partial charge in [0.25, 0.3) is 0 Å². The van der Waals surface area contributed by atoms with Gasteiger partial charge in [0, 0.05) is 25.5 Å². The second-order valence-corrected chi connectivity index (χ2v) is 3.49. The maximum atomic E-state index is 11.4. The smallest absolute Gasteiger partial charge is 0.223 e. The van der Waals surface area contributed by atoms with E-state index in [2.05, 4.69) is 4.98 Å². The van der Waals surface area contributed by atoms with Crippen molar-refractivity contribution in [3.05, 3.63) is 18.4 Å². The van der Waals surface area contributed by atoms with Gasteiger partial charge < -0.3 is 14.4 Å². The SMILES string of the molecule is O=C1CC(CO)CN1Cc1cnco1. The van der Waals surface area contributed by atoms with Crippen LogP contribution in [0.15, 0.2) is 17.0 Å². The van der Waals surface area contributed by atoms with Crippen LogP contribution in [-0.2, 0) is 11.3 Å². The lowest BCUT2D eigenvalue weighted by Crippen LogP contribution is -2.24. The Morgan fingerprint density at radius 2 is 2.57 bits per heavy atom. The Labute approximate surface area is 81.3 Å². The highest BCUT2D eigenvalue weighted by Crippen LogP contribution is 2.19. The van der Waals surface area contributed by atoms with Crippen molar-refractivity contribution in [3.63, 3.8) is 0 Å². The molecule has 0 spiro atoms. The van der Waals surface area contributed by atoms with Gasteiger partial charge in [0.1, 0.15) is 5.76 Å². The van der Waals surface area contributed by atoms with Crippen molar-refractivity contribution < 1.29 is 14.3 Å². The molecule has 1 atom stereocenters. The topological polar surface area (TPSA) is 66.6 Å². The Morgan fingerprint density at radius 1 is 1.71 bits per heavy atom. The fourth-order valence-electron chi connectivity index (χ4n) is 1.64. The highest BCUT2D eigenvalue weighted by Gasteiger charge is 2.29. The molecule has 1 fully saturated rings. The molecule has 0 radical (unpaired) electrons. The first-order valence-electron chi connectivity index (χ1n) is 4.55. The average Bonchev–Trinajstić information content (AvgIpc) is 2.78. The molecule has 1 aliphatic heterocycles. The lowest BCUT2D eigenvalue weighted by Gasteiger charge is -2.13. The number of oxazole rings is 1. The number of hydrogen-bond donors (Lipinski definition) is 1. The third kappa shape index (κ3) is 1.77. The summed E-state index contributed by atoms with van der Waals surface area (Å²) >= 11 is 0. The molecule has 2 heterocycles. The molecular formula is C9H12N2O3. The van der Waals surface area contributed by atoms with Crippen molar-refractivity contribution in [2.45, 2.75) is 13.0 Å². The maximum Gasteiger partial charge on any atom is 0.223 e. The van der Waals surface area contributed by atoms with E-state index in [0.717, 1.165) is 0 Å². The molecule has 1 unspecified atom stereocenters. The van der Waals surface area contributed by atoms with Crippen LogP contribution in [0.1, 0.15) is 12.2 Å². The van der Waals surface area contributed by atoms with Gasteiger partial charge in [-0.1, -0.05) is 0 Å². The summed E-state index contributed by atoms with van der Waals surface area (Å²) in [5.74, 6) is 0.822. The molecule has 1 aromatic heterocycles. The summed E-state index contributed by atoms with van der Waals surface area (Å²) in [6.45, 7) is 1.13. The molecule has 14 heavy (non-hydrogen) atoms. The average molecular weight is 196 g/mol. The van der Waals surface area contributed by atoms with Crippen LogP contribution in [0, 0.1) is 5.92 Å². The number of likely N-dealkylation sites (tertiary alicyclic amines) is 1. The van der Waals surface area contributed by atoms with E-state index in [1.165, 1.54) is 6.39 Å². The predicted molar refractivity (Wildman–Crippen MR) is 47.1 cm³/mol. The van der Waals surface area contributed by atoms with Crippen LogP contribution in [-0.4, -0.2) is 34.0 Å². The Balaban J connectivity index is 1.96. The molecule has 5 heteroatoms. The number of carbonyl (C=O) groups is 1. The summed E-state index contributed by atoms with van der Waals surface area (Å²) < 4.78 is 5.05. The van der Waals surface area contributed by atoms with E-state index in [0.29, 0.717) is 25.3 Å². The molecule has 0 saturated carbocycles. The van der Waals surface area contributed by atoms with E-state index in [1.54, 1.807) is 11.1 Å². The fraction of sp³-hybridized carbons (Fsp3) is 0.556. The Morgan fingerprint density at radius 3 is 3.14 bits per heavy atom. The molecule has 0 aliphatic carbocycles. The van der Waals surface area contributed by atoms with E-state index in [4.69, 9.17) is 9.52 Å². The fourth-order valence-corrected chi connectivity index (χ4v) is 1.64. The van der Waals surface area contributed by atoms with E-state index >= 15 is 0 Å². The van der Waals surface area contributed by atoms with Crippen LogP contribution in [0.4, 0.5) is 0 Å². The zero-order chi connectivity index (χ0) is 9.97. The van der Waals surface area contributed by atoms with Crippen LogP contribution in [0.2, 0.25) is 0 Å². The predicted octanol–water partition coefficient (Wildman–Crippen LogP) is 0.0154. The molecule has 1 amide bonds. The van der Waals surface area contributed by atoms with Gasteiger partial charge >= 0.3 is 0 Å². The number of aliphatic hydroxyl groups is 1. The molecule has 1 saturated heterocycles. The first-order chi connectivity index (χ1) is 6.79. The minimum atomic E-state index is 0.0681. The third-order valence-corrected chi connectivity index (χ3v) is 2.38. The summed E-state index contributed by atoms with van der Waals surface area (Å²) in [5.41, 5.74) is 0. The van der Waals surface area contributed by atoms with Crippen molar-refractivity contribution in [3.8, 4) is 0 Å². The molecule has 1 aromatic rings. The molecule has 1 N–H and O–H groups in total. The standard InChI is InChI=1S/C9H12N2O3/c12-5-7-1-9(13)11(3-7)4-8-2-10-6-14-8/h2,6-7,12H,1,3-5H2. The Hall–Kier alpha value is -1.36. The quantitative estimate of drug-likeness (QED) is 0.739. The minimum absolute atomic E-state index is 0.0681. The first-order valence-corrected chi connectivity index (χ1v) is 4.55. The second-order valence-electron chi connectivity index (χ2n) is 3.49. The summed E-state index contributed by atoms with van der Waals surface area (Å²) in [5, 5.41) is 8.91. The highest BCUT2D eigenvalue weighted by molar-refractivity contribution is 5.78. The number of nitrogens with zero attached hydrogens (tertiary/aromatic N) is 2. The normalized spacial score (nSPS) is 21.9. The zero-order valence-electron chi connectivity index (χ0n) is 7.72. The summed E-state index contributed by atoms with van der Waals surface area (Å²) in [7, 11) is 0. The molecule has 76 valence electrons. The van der Waals surface area contributed by atoms with Gasteiger partial charge in [-0.15, -0.1) is 0 Å². The van der Waals surface area contributed by atoms with Gasteiger partial charge in [-0.25, -0.2) is 4.98 Å². The van der Waals surface area contributed by atoms with Gasteiger partial charge in [0.05, 0.1) is 12.7 Å². The van der Waals surface area contributed by atoms with Crippen molar-refractivity contribution in [1.29, 1.82) is 0 Å². The second kappa shape index (κ2) is 3.79. The third-order valence-electron chi connectivity index (χ3n) is 2.38. The first kappa shape index (κ1) is 9.21. The summed E-state index contributed by atoms with van der Waals surface area (Å²) in [6.07, 6.45) is 3.38. The maximum absolute atomic E-state index is 11.4. The molecule has 1 aliphatic rings. The monoisotopic (exact) mass is 196 g/mol. The lowest BCUT2D eigenvalue weighted by atomic mass is 10.1. The van der Waals surface area contributed by atoms with Crippen LogP contribution in [0.25, 0.3) is 0 Å². The Bertz CT molecular complexity index is 310. The van der Waals surface area contributed by atoms with Crippen LogP contribution >= 0.6 is 0 Å². The van der Waals surface area contributed by atoms with Crippen LogP contribution in [0.3, 0.4) is 0 Å². The largest absolute Gasteiger partial charge is 0.447 e. The van der Waals surface area contributed by atoms with E-state index in [-0.39, 0.29) is 18.4 Å². The Kier molecular flexibility index (Phi) is 2.49. The van der Waals surface area contributed by atoms with Crippen molar-refractivity contribution in [2.75, 3.05) is 13.2 Å². The lowest BCUT2D eigenvalue weighted by molar-refractivity contribution is -0.128. The van der Waals surface area contributed by atoms with E-state index in [1.807, 2.05) is 0 Å². The number of hydrogen-bond acceptors (Lipinski definition) is 4. The summed E-state index contributed by atoms with van der Waals surface area (Å²) in [6, 6.07) is 0. The highest BCUT2D eigenvalue weighted by atomic mass is 16.3. The van der Waals surface area contributed by atoms with E-state index in [9.17, 15) is 4.79 Å². The van der Waals surface area contributed by atoms with Gasteiger partial charge in [0.15, 0.2) is 6.39 Å². The van der Waals surface area contributed by atoms with Crippen LogP contribution in [0.5, 0.6) is 0 Å². The molecule has 5 nitrogen and oxygen atoms in total. The number of carbonyl (C=O) groups excluding carboxylic acids is 1. The van der Waals surface area contributed by atoms with Crippen molar-refractivity contribution in [2.24, 2.45) is 5.92 Å². The molecule has 0 aromatic carbocycles. The summed E-state index contributed by atoms with van der Waals surface area (Å²) in [4.78, 5) is 16.9. The van der Waals surface area contributed by atoms with Gasteiger partial charge in [-0.05, 0) is 0 Å². The van der Waals surface area contributed by atoms with E-state index < -0.39 is 0 Å². The number of aromatic nitrogens is 1. The molecule has 2 rings (SSSR count). The molecular weight excluding hydrogens is 184 g/mol. The number of rotatable bonds is 3. The molecule has 0 bridgehead atoms. The van der Waals surface area contributed by atoms with Crippen LogP contribution < -0.4 is 0 Å².